The van der Waals surface area contributed by atoms with Crippen LogP contribution >= 0.6 is 0 Å². The number of aromatic nitrogens is 3. The van der Waals surface area contributed by atoms with Crippen LogP contribution in [0.15, 0.2) is 47.6 Å². The highest BCUT2D eigenvalue weighted by Crippen LogP contribution is 2.29. The summed E-state index contributed by atoms with van der Waals surface area (Å²) >= 11 is 0. The molecule has 2 heterocycles. The predicted octanol–water partition coefficient (Wildman–Crippen LogP) is 3.93. The van der Waals surface area contributed by atoms with Crippen molar-refractivity contribution < 1.29 is 14.6 Å². The Kier molecular flexibility index (Phi) is 6.62. The number of para-hydroxylation sites is 2. The molecule has 0 aliphatic carbocycles. The average molecular weight is 461 g/mol. The zero-order valence-electron chi connectivity index (χ0n) is 19.4. The normalized spacial score (nSPS) is 11.6. The number of hydrogen-bond acceptors (Lipinski definition) is 7. The third kappa shape index (κ3) is 4.63. The van der Waals surface area contributed by atoms with E-state index in [9.17, 15) is 9.90 Å². The highest BCUT2D eigenvalue weighted by atomic mass is 16.5. The van der Waals surface area contributed by atoms with Crippen LogP contribution in [0.25, 0.3) is 22.2 Å². The molecule has 34 heavy (non-hydrogen) atoms. The van der Waals surface area contributed by atoms with Crippen LogP contribution in [0.2, 0.25) is 0 Å². The molecule has 4 aromatic rings. The molecule has 176 valence electrons. The number of nitrogens with two attached hydrogens (primary N) is 1. The van der Waals surface area contributed by atoms with Crippen molar-refractivity contribution in [2.24, 2.45) is 11.0 Å². The summed E-state index contributed by atoms with van der Waals surface area (Å²) in [6.45, 7) is 6.98. The molecule has 0 fully saturated rings. The van der Waals surface area contributed by atoms with Crippen LogP contribution in [-0.4, -0.2) is 45.0 Å². The van der Waals surface area contributed by atoms with Gasteiger partial charge in [0.15, 0.2) is 17.1 Å². The molecule has 9 heteroatoms. The maximum Gasteiger partial charge on any atom is 0.257 e. The van der Waals surface area contributed by atoms with Gasteiger partial charge in [-0.15, -0.1) is 0 Å². The molecule has 0 saturated carbocycles. The summed E-state index contributed by atoms with van der Waals surface area (Å²) in [5, 5.41) is 17.4. The van der Waals surface area contributed by atoms with Crippen LogP contribution in [0.3, 0.4) is 0 Å². The summed E-state index contributed by atoms with van der Waals surface area (Å²) in [5.74, 6) is 0.687. The Morgan fingerprint density at radius 1 is 1.24 bits per heavy atom. The number of carbonyl (C=O) groups excluding carboxylic acids is 1. The van der Waals surface area contributed by atoms with Gasteiger partial charge in [-0.3, -0.25) is 4.79 Å². The Morgan fingerprint density at radius 2 is 1.97 bits per heavy atom. The van der Waals surface area contributed by atoms with Crippen molar-refractivity contribution in [1.29, 1.82) is 0 Å². The van der Waals surface area contributed by atoms with Crippen LogP contribution < -0.4 is 15.8 Å². The Hall–Kier alpha value is -4.14. The van der Waals surface area contributed by atoms with Crippen LogP contribution in [0.4, 0.5) is 5.82 Å². The fourth-order valence-corrected chi connectivity index (χ4v) is 3.56. The SMILES string of the molecule is CCOc1cc(C=Nn2c(N)c(C(=O)NCCC(C)C)c3nc4ccccc4nc32)ccc1O. The number of benzene rings is 2. The van der Waals surface area contributed by atoms with Gasteiger partial charge in [0.25, 0.3) is 5.91 Å². The topological polar surface area (TPSA) is 128 Å². The van der Waals surface area contributed by atoms with Crippen molar-refractivity contribution in [2.45, 2.75) is 27.2 Å². The summed E-state index contributed by atoms with van der Waals surface area (Å²) < 4.78 is 6.86. The number of rotatable bonds is 8. The van der Waals surface area contributed by atoms with E-state index in [1.807, 2.05) is 31.2 Å². The summed E-state index contributed by atoms with van der Waals surface area (Å²) in [7, 11) is 0. The van der Waals surface area contributed by atoms with Crippen LogP contribution in [0.1, 0.15) is 43.1 Å². The quantitative estimate of drug-likeness (QED) is 0.342. The molecule has 0 radical (unpaired) electrons. The van der Waals surface area contributed by atoms with E-state index in [-0.39, 0.29) is 23.0 Å². The third-order valence-corrected chi connectivity index (χ3v) is 5.31. The Bertz CT molecular complexity index is 1380. The highest BCUT2D eigenvalue weighted by molar-refractivity contribution is 6.10. The Morgan fingerprint density at radius 3 is 2.68 bits per heavy atom. The van der Waals surface area contributed by atoms with E-state index in [0.717, 1.165) is 6.42 Å². The number of anilines is 1. The second kappa shape index (κ2) is 9.78. The predicted molar refractivity (Wildman–Crippen MR) is 134 cm³/mol. The molecule has 0 aliphatic heterocycles. The van der Waals surface area contributed by atoms with Crippen molar-refractivity contribution in [3.8, 4) is 11.5 Å². The molecule has 4 rings (SSSR count). The van der Waals surface area contributed by atoms with E-state index >= 15 is 0 Å². The number of nitrogens with one attached hydrogen (secondary N) is 1. The van der Waals surface area contributed by atoms with E-state index in [1.165, 1.54) is 10.7 Å². The molecule has 0 unspecified atom stereocenters. The molecule has 1 amide bonds. The number of amides is 1. The maximum atomic E-state index is 13.1. The minimum Gasteiger partial charge on any atom is -0.504 e. The minimum absolute atomic E-state index is 0.0441. The van der Waals surface area contributed by atoms with Gasteiger partial charge in [0.1, 0.15) is 16.9 Å². The number of carbonyl (C=O) groups is 1. The van der Waals surface area contributed by atoms with Crippen molar-refractivity contribution in [3.05, 3.63) is 53.6 Å². The third-order valence-electron chi connectivity index (χ3n) is 5.31. The van der Waals surface area contributed by atoms with Crippen LogP contribution in [0, 0.1) is 5.92 Å². The lowest BCUT2D eigenvalue weighted by atomic mass is 10.1. The van der Waals surface area contributed by atoms with Gasteiger partial charge in [-0.05, 0) is 55.2 Å². The molecule has 0 saturated heterocycles. The molecule has 0 spiro atoms. The lowest BCUT2D eigenvalue weighted by Gasteiger charge is -2.07. The monoisotopic (exact) mass is 460 g/mol. The number of phenolic OH excluding ortho intramolecular Hbond substituents is 1. The van der Waals surface area contributed by atoms with Crippen molar-refractivity contribution in [3.63, 3.8) is 0 Å². The van der Waals surface area contributed by atoms with Crippen molar-refractivity contribution in [2.75, 3.05) is 18.9 Å². The van der Waals surface area contributed by atoms with E-state index in [1.54, 1.807) is 18.3 Å². The first-order valence-electron chi connectivity index (χ1n) is 11.2. The second-order valence-electron chi connectivity index (χ2n) is 8.30. The molecule has 4 N–H and O–H groups in total. The van der Waals surface area contributed by atoms with E-state index in [0.29, 0.717) is 52.6 Å². The van der Waals surface area contributed by atoms with Gasteiger partial charge in [0.05, 0.1) is 23.9 Å². The lowest BCUT2D eigenvalue weighted by molar-refractivity contribution is 0.0954. The van der Waals surface area contributed by atoms with Crippen LogP contribution in [-0.2, 0) is 0 Å². The van der Waals surface area contributed by atoms with Gasteiger partial charge >= 0.3 is 0 Å². The van der Waals surface area contributed by atoms with Gasteiger partial charge in [0, 0.05) is 6.54 Å². The summed E-state index contributed by atoms with van der Waals surface area (Å²) in [6, 6.07) is 12.3. The van der Waals surface area contributed by atoms with Gasteiger partial charge in [-0.1, -0.05) is 26.0 Å². The second-order valence-corrected chi connectivity index (χ2v) is 8.30. The zero-order chi connectivity index (χ0) is 24.2. The average Bonchev–Trinajstić information content (AvgIpc) is 3.08. The van der Waals surface area contributed by atoms with Gasteiger partial charge in [0.2, 0.25) is 0 Å². The first-order valence-corrected chi connectivity index (χ1v) is 11.2. The first kappa shape index (κ1) is 23.0. The standard InChI is InChI=1S/C25H28N6O3/c1-4-34-20-13-16(9-10-19(20)32)14-28-31-23(26)21(25(33)27-12-11-15(2)3)22-24(31)30-18-8-6-5-7-17(18)29-22/h5-10,13-15,32H,4,11-12,26H2,1-3H3,(H,27,33). The van der Waals surface area contributed by atoms with E-state index < -0.39 is 0 Å². The van der Waals surface area contributed by atoms with Crippen LogP contribution in [0.5, 0.6) is 11.5 Å². The minimum atomic E-state index is -0.315. The first-order chi connectivity index (χ1) is 16.4. The molecular formula is C25H28N6O3. The van der Waals surface area contributed by atoms with E-state index in [2.05, 4.69) is 34.2 Å². The molecule has 9 nitrogen and oxygen atoms in total. The fraction of sp³-hybridized carbons (Fsp3) is 0.280. The molecular weight excluding hydrogens is 432 g/mol. The summed E-state index contributed by atoms with van der Waals surface area (Å²) in [4.78, 5) is 22.4. The number of fused-ring (bicyclic) bond motifs is 2. The summed E-state index contributed by atoms with van der Waals surface area (Å²) in [6.07, 6.45) is 2.41. The lowest BCUT2D eigenvalue weighted by Crippen LogP contribution is -2.26. The van der Waals surface area contributed by atoms with Crippen molar-refractivity contribution >= 4 is 40.1 Å². The Balaban J connectivity index is 1.80. The number of phenols is 1. The molecule has 2 aromatic heterocycles. The molecule has 0 aliphatic rings. The maximum absolute atomic E-state index is 13.1. The fourth-order valence-electron chi connectivity index (χ4n) is 3.56. The number of nitrogens with zero attached hydrogens (tertiary/aromatic N) is 4. The molecule has 2 aromatic carbocycles. The van der Waals surface area contributed by atoms with Gasteiger partial charge in [-0.25, -0.2) is 9.97 Å². The number of nitrogen functional groups attached to an aromatic ring is 1. The highest BCUT2D eigenvalue weighted by Gasteiger charge is 2.24. The largest absolute Gasteiger partial charge is 0.504 e. The van der Waals surface area contributed by atoms with Gasteiger partial charge < -0.3 is 20.9 Å². The smallest absolute Gasteiger partial charge is 0.257 e. The van der Waals surface area contributed by atoms with E-state index in [4.69, 9.17) is 10.5 Å². The number of hydrogen-bond donors (Lipinski definition) is 3. The molecule has 0 bridgehead atoms. The Labute approximate surface area is 197 Å². The van der Waals surface area contributed by atoms with Gasteiger partial charge in [-0.2, -0.15) is 9.78 Å². The van der Waals surface area contributed by atoms with Crippen molar-refractivity contribution in [1.82, 2.24) is 20.0 Å². The number of aromatic hydroxyl groups is 1. The number of ether oxygens (including phenoxy) is 1. The molecule has 0 atom stereocenters. The zero-order valence-corrected chi connectivity index (χ0v) is 19.4. The summed E-state index contributed by atoms with van der Waals surface area (Å²) in [5.41, 5.74) is 9.44.